The molecule has 1 aromatic carbocycles. The molecule has 0 spiro atoms. The number of amides is 1. The van der Waals surface area contributed by atoms with Gasteiger partial charge < -0.3 is 15.0 Å². The first-order valence-corrected chi connectivity index (χ1v) is 8.99. The third-order valence-electron chi connectivity index (χ3n) is 5.87. The summed E-state index contributed by atoms with van der Waals surface area (Å²) in [4.78, 5) is 14.9. The molecule has 2 saturated carbocycles. The maximum absolute atomic E-state index is 12.6. The average molecular weight is 314 g/mol. The molecule has 0 unspecified atom stereocenters. The molecule has 3 atom stereocenters. The zero-order chi connectivity index (χ0) is 15.6. The molecule has 2 aliphatic carbocycles. The summed E-state index contributed by atoms with van der Waals surface area (Å²) < 4.78 is 5.44. The Morgan fingerprint density at radius 2 is 2.00 bits per heavy atom. The highest BCUT2D eigenvalue weighted by atomic mass is 16.5. The Labute approximate surface area is 138 Å². The molecule has 23 heavy (non-hydrogen) atoms. The fourth-order valence-electron chi connectivity index (χ4n) is 4.65. The van der Waals surface area contributed by atoms with Gasteiger partial charge in [-0.2, -0.15) is 0 Å². The van der Waals surface area contributed by atoms with Gasteiger partial charge in [0.1, 0.15) is 0 Å². The van der Waals surface area contributed by atoms with Gasteiger partial charge in [-0.15, -0.1) is 0 Å². The molecule has 4 rings (SSSR count). The molecule has 4 heteroatoms. The van der Waals surface area contributed by atoms with Gasteiger partial charge in [-0.25, -0.2) is 0 Å². The molecule has 1 aromatic rings. The van der Waals surface area contributed by atoms with Crippen LogP contribution in [0.15, 0.2) is 24.3 Å². The topological polar surface area (TPSA) is 41.6 Å². The molecular weight excluding hydrogens is 288 g/mol. The van der Waals surface area contributed by atoms with Crippen molar-refractivity contribution >= 4 is 11.6 Å². The third-order valence-corrected chi connectivity index (χ3v) is 5.87. The number of ether oxygens (including phenoxy) is 1. The SMILES string of the molecule is O=C(NCc1ccccc1N1CCOCC1)[C@@H]1C[C@H]2CC[C@H]1C2. The first kappa shape index (κ1) is 15.0. The van der Waals surface area contributed by atoms with E-state index < -0.39 is 0 Å². The van der Waals surface area contributed by atoms with E-state index in [9.17, 15) is 4.79 Å². The third kappa shape index (κ3) is 3.09. The molecule has 124 valence electrons. The van der Waals surface area contributed by atoms with E-state index in [4.69, 9.17) is 4.74 Å². The van der Waals surface area contributed by atoms with Gasteiger partial charge in [0.2, 0.25) is 5.91 Å². The Balaban J connectivity index is 1.40. The van der Waals surface area contributed by atoms with Crippen LogP contribution in [0.5, 0.6) is 0 Å². The molecule has 3 aliphatic rings. The lowest BCUT2D eigenvalue weighted by Crippen LogP contribution is -2.38. The van der Waals surface area contributed by atoms with Gasteiger partial charge in [-0.1, -0.05) is 24.6 Å². The summed E-state index contributed by atoms with van der Waals surface area (Å²) in [5.74, 6) is 2.00. The molecule has 1 saturated heterocycles. The zero-order valence-electron chi connectivity index (χ0n) is 13.7. The number of para-hydroxylation sites is 1. The number of nitrogens with zero attached hydrogens (tertiary/aromatic N) is 1. The van der Waals surface area contributed by atoms with Crippen LogP contribution >= 0.6 is 0 Å². The van der Waals surface area contributed by atoms with Crippen molar-refractivity contribution in [2.75, 3.05) is 31.2 Å². The van der Waals surface area contributed by atoms with Gasteiger partial charge in [-0.05, 0) is 42.7 Å². The number of benzene rings is 1. The molecule has 1 N–H and O–H groups in total. The highest BCUT2D eigenvalue weighted by molar-refractivity contribution is 5.79. The summed E-state index contributed by atoms with van der Waals surface area (Å²) in [6.45, 7) is 4.06. The number of fused-ring (bicyclic) bond motifs is 2. The van der Waals surface area contributed by atoms with Gasteiger partial charge in [0.15, 0.2) is 0 Å². The lowest BCUT2D eigenvalue weighted by atomic mass is 9.88. The lowest BCUT2D eigenvalue weighted by molar-refractivity contribution is -0.126. The first-order chi connectivity index (χ1) is 11.3. The number of rotatable bonds is 4. The maximum atomic E-state index is 12.6. The molecule has 3 fully saturated rings. The van der Waals surface area contributed by atoms with Crippen molar-refractivity contribution in [3.63, 3.8) is 0 Å². The van der Waals surface area contributed by atoms with Crippen LogP contribution in [0.25, 0.3) is 0 Å². The number of hydrogen-bond acceptors (Lipinski definition) is 3. The highest BCUT2D eigenvalue weighted by Crippen LogP contribution is 2.48. The van der Waals surface area contributed by atoms with Crippen LogP contribution in [0.1, 0.15) is 31.2 Å². The van der Waals surface area contributed by atoms with Crippen molar-refractivity contribution < 1.29 is 9.53 Å². The van der Waals surface area contributed by atoms with E-state index in [1.54, 1.807) is 0 Å². The van der Waals surface area contributed by atoms with Gasteiger partial charge in [0, 0.05) is 31.2 Å². The average Bonchev–Trinajstić information content (AvgIpc) is 3.24. The smallest absolute Gasteiger partial charge is 0.223 e. The normalized spacial score (nSPS) is 29.7. The molecule has 0 radical (unpaired) electrons. The first-order valence-electron chi connectivity index (χ1n) is 8.99. The lowest BCUT2D eigenvalue weighted by Gasteiger charge is -2.31. The van der Waals surface area contributed by atoms with Gasteiger partial charge in [0.25, 0.3) is 0 Å². The summed E-state index contributed by atoms with van der Waals surface area (Å²) in [5, 5.41) is 3.21. The van der Waals surface area contributed by atoms with Crippen molar-refractivity contribution in [3.8, 4) is 0 Å². The van der Waals surface area contributed by atoms with Crippen LogP contribution in [-0.2, 0) is 16.1 Å². The minimum absolute atomic E-state index is 0.268. The van der Waals surface area contributed by atoms with E-state index in [1.165, 1.54) is 30.5 Å². The summed E-state index contributed by atoms with van der Waals surface area (Å²) in [6, 6.07) is 8.42. The molecule has 2 bridgehead atoms. The van der Waals surface area contributed by atoms with Crippen LogP contribution in [0.2, 0.25) is 0 Å². The zero-order valence-corrected chi connectivity index (χ0v) is 13.7. The Kier molecular flexibility index (Phi) is 4.25. The predicted molar refractivity (Wildman–Crippen MR) is 90.3 cm³/mol. The summed E-state index contributed by atoms with van der Waals surface area (Å²) >= 11 is 0. The second-order valence-electron chi connectivity index (χ2n) is 7.23. The van der Waals surface area contributed by atoms with Crippen LogP contribution in [-0.4, -0.2) is 32.2 Å². The number of carbonyl (C=O) groups is 1. The van der Waals surface area contributed by atoms with E-state index >= 15 is 0 Å². The molecule has 1 amide bonds. The van der Waals surface area contributed by atoms with Crippen molar-refractivity contribution in [2.45, 2.75) is 32.2 Å². The Morgan fingerprint density at radius 3 is 2.74 bits per heavy atom. The van der Waals surface area contributed by atoms with Crippen molar-refractivity contribution in [3.05, 3.63) is 29.8 Å². The largest absolute Gasteiger partial charge is 0.378 e. The predicted octanol–water partition coefficient (Wildman–Crippen LogP) is 2.58. The van der Waals surface area contributed by atoms with Gasteiger partial charge >= 0.3 is 0 Å². The number of hydrogen-bond donors (Lipinski definition) is 1. The summed E-state index contributed by atoms with van der Waals surface area (Å²) in [7, 11) is 0. The van der Waals surface area contributed by atoms with Crippen LogP contribution in [0.3, 0.4) is 0 Å². The summed E-state index contributed by atoms with van der Waals surface area (Å²) in [5.41, 5.74) is 2.45. The minimum Gasteiger partial charge on any atom is -0.378 e. The Morgan fingerprint density at radius 1 is 1.17 bits per heavy atom. The molecule has 0 aromatic heterocycles. The van der Waals surface area contributed by atoms with Gasteiger partial charge in [-0.3, -0.25) is 4.79 Å². The number of morpholine rings is 1. The number of carbonyl (C=O) groups excluding carboxylic acids is 1. The second-order valence-corrected chi connectivity index (χ2v) is 7.23. The van der Waals surface area contributed by atoms with Crippen LogP contribution < -0.4 is 10.2 Å². The van der Waals surface area contributed by atoms with Crippen molar-refractivity contribution in [1.82, 2.24) is 5.32 Å². The van der Waals surface area contributed by atoms with Crippen LogP contribution in [0, 0.1) is 17.8 Å². The monoisotopic (exact) mass is 314 g/mol. The van der Waals surface area contributed by atoms with Gasteiger partial charge in [0.05, 0.1) is 13.2 Å². The Hall–Kier alpha value is -1.55. The van der Waals surface area contributed by atoms with Crippen LogP contribution in [0.4, 0.5) is 5.69 Å². The fraction of sp³-hybridized carbons (Fsp3) is 0.632. The van der Waals surface area contributed by atoms with E-state index in [0.29, 0.717) is 12.5 Å². The van der Waals surface area contributed by atoms with Crippen molar-refractivity contribution in [2.24, 2.45) is 17.8 Å². The second kappa shape index (κ2) is 6.52. The number of anilines is 1. The maximum Gasteiger partial charge on any atom is 0.223 e. The molecular formula is C19H26N2O2. The van der Waals surface area contributed by atoms with E-state index in [0.717, 1.165) is 38.6 Å². The molecule has 1 heterocycles. The standard InChI is InChI=1S/C19H26N2O2/c22-19(17-12-14-5-6-15(17)11-14)20-13-16-3-1-2-4-18(16)21-7-9-23-10-8-21/h1-4,14-15,17H,5-13H2,(H,20,22)/t14-,15-,17+/m0/s1. The highest BCUT2D eigenvalue weighted by Gasteiger charge is 2.42. The summed E-state index contributed by atoms with van der Waals surface area (Å²) in [6.07, 6.45) is 4.99. The fourth-order valence-corrected chi connectivity index (χ4v) is 4.65. The van der Waals surface area contributed by atoms with E-state index in [1.807, 2.05) is 0 Å². The van der Waals surface area contributed by atoms with E-state index in [2.05, 4.69) is 34.5 Å². The molecule has 4 nitrogen and oxygen atoms in total. The van der Waals surface area contributed by atoms with Crippen molar-refractivity contribution in [1.29, 1.82) is 0 Å². The number of nitrogens with one attached hydrogen (secondary N) is 1. The molecule has 1 aliphatic heterocycles. The Bertz CT molecular complexity index is 568. The van der Waals surface area contributed by atoms with E-state index in [-0.39, 0.29) is 11.8 Å². The quantitative estimate of drug-likeness (QED) is 0.929. The minimum atomic E-state index is 0.268.